The number of para-hydroxylation sites is 1. The number of phenolic OH excluding ortho intramolecular Hbond substituents is 1. The lowest BCUT2D eigenvalue weighted by molar-refractivity contribution is 0.0950. The van der Waals surface area contributed by atoms with Crippen molar-refractivity contribution in [3.8, 4) is 17.0 Å². The molecule has 4 rings (SSSR count). The highest BCUT2D eigenvalue weighted by Crippen LogP contribution is 2.27. The highest BCUT2D eigenvalue weighted by molar-refractivity contribution is 6.02. The Bertz CT molecular complexity index is 1190. The molecule has 28 heavy (non-hydrogen) atoms. The molecule has 0 fully saturated rings. The Labute approximate surface area is 161 Å². The third kappa shape index (κ3) is 3.35. The summed E-state index contributed by atoms with van der Waals surface area (Å²) in [5.74, 6) is -0.300. The van der Waals surface area contributed by atoms with Gasteiger partial charge in [-0.3, -0.25) is 9.89 Å². The van der Waals surface area contributed by atoms with Gasteiger partial charge >= 0.3 is 0 Å². The summed E-state index contributed by atoms with van der Waals surface area (Å²) in [6, 6.07) is 22.5. The van der Waals surface area contributed by atoms with Gasteiger partial charge in [-0.1, -0.05) is 54.6 Å². The van der Waals surface area contributed by atoms with Gasteiger partial charge in [0, 0.05) is 11.1 Å². The first-order chi connectivity index (χ1) is 13.6. The average Bonchev–Trinajstić information content (AvgIpc) is 3.22. The number of hydrazone groups is 1. The number of aromatic hydroxyl groups is 1. The predicted octanol–water partition coefficient (Wildman–Crippen LogP) is 4.09. The molecule has 0 unspecified atom stereocenters. The zero-order chi connectivity index (χ0) is 19.5. The fourth-order valence-corrected chi connectivity index (χ4v) is 3.06. The average molecular weight is 370 g/mol. The minimum atomic E-state index is -0.409. The molecule has 1 aromatic heterocycles. The van der Waals surface area contributed by atoms with Gasteiger partial charge in [0.2, 0.25) is 0 Å². The largest absolute Gasteiger partial charge is 0.507 e. The minimum Gasteiger partial charge on any atom is -0.507 e. The van der Waals surface area contributed by atoms with Crippen molar-refractivity contribution in [2.24, 2.45) is 5.10 Å². The second-order valence-corrected chi connectivity index (χ2v) is 6.35. The van der Waals surface area contributed by atoms with E-state index in [-0.39, 0.29) is 5.75 Å². The number of benzene rings is 3. The third-order valence-electron chi connectivity index (χ3n) is 4.51. The Morgan fingerprint density at radius 1 is 1.04 bits per heavy atom. The lowest BCUT2D eigenvalue weighted by atomic mass is 10.0. The third-order valence-corrected chi connectivity index (χ3v) is 4.51. The molecule has 0 saturated carbocycles. The number of nitrogens with zero attached hydrogens (tertiary/aromatic N) is 2. The maximum Gasteiger partial charge on any atom is 0.289 e. The van der Waals surface area contributed by atoms with E-state index in [9.17, 15) is 9.90 Å². The molecule has 0 saturated heterocycles. The molecule has 0 aliphatic rings. The van der Waals surface area contributed by atoms with Gasteiger partial charge < -0.3 is 5.11 Å². The van der Waals surface area contributed by atoms with E-state index < -0.39 is 5.91 Å². The summed E-state index contributed by atoms with van der Waals surface area (Å²) in [6.45, 7) is 1.71. The molecular weight excluding hydrogens is 352 g/mol. The number of amides is 1. The van der Waals surface area contributed by atoms with E-state index >= 15 is 0 Å². The SMILES string of the molecule is CC(=NNC(=O)c1cc(-c2cccc3ccccc23)n[nH]1)c1ccccc1O. The summed E-state index contributed by atoms with van der Waals surface area (Å²) < 4.78 is 0. The highest BCUT2D eigenvalue weighted by atomic mass is 16.3. The van der Waals surface area contributed by atoms with Crippen LogP contribution in [0.2, 0.25) is 0 Å². The summed E-state index contributed by atoms with van der Waals surface area (Å²) in [7, 11) is 0. The van der Waals surface area contributed by atoms with Crippen LogP contribution in [0.15, 0.2) is 77.9 Å². The van der Waals surface area contributed by atoms with Crippen molar-refractivity contribution in [2.45, 2.75) is 6.92 Å². The number of carbonyl (C=O) groups is 1. The van der Waals surface area contributed by atoms with E-state index in [4.69, 9.17) is 0 Å². The summed E-state index contributed by atoms with van der Waals surface area (Å²) in [5.41, 5.74) is 5.49. The first-order valence-corrected chi connectivity index (χ1v) is 8.80. The zero-order valence-electron chi connectivity index (χ0n) is 15.2. The predicted molar refractivity (Wildman–Crippen MR) is 109 cm³/mol. The highest BCUT2D eigenvalue weighted by Gasteiger charge is 2.13. The number of aromatic amines is 1. The van der Waals surface area contributed by atoms with Crippen LogP contribution in [0, 0.1) is 0 Å². The Hall–Kier alpha value is -3.93. The molecule has 0 aliphatic heterocycles. The molecule has 6 nitrogen and oxygen atoms in total. The van der Waals surface area contributed by atoms with E-state index in [0.717, 1.165) is 16.3 Å². The number of fused-ring (bicyclic) bond motifs is 1. The second-order valence-electron chi connectivity index (χ2n) is 6.35. The molecule has 3 aromatic carbocycles. The lowest BCUT2D eigenvalue weighted by Gasteiger charge is -2.04. The molecule has 138 valence electrons. The standard InChI is InChI=1S/C22H18N4O2/c1-14(16-9-4-5-12-21(16)27)23-26-22(28)20-13-19(24-25-20)18-11-6-8-15-7-2-3-10-17(15)18/h2-13,27H,1H3,(H,24,25)(H,26,28). The van der Waals surface area contributed by atoms with Crippen LogP contribution < -0.4 is 5.43 Å². The van der Waals surface area contributed by atoms with Crippen molar-refractivity contribution >= 4 is 22.4 Å². The second kappa shape index (κ2) is 7.36. The van der Waals surface area contributed by atoms with E-state index in [1.807, 2.05) is 42.5 Å². The summed E-state index contributed by atoms with van der Waals surface area (Å²) in [6.07, 6.45) is 0. The number of hydrogen-bond acceptors (Lipinski definition) is 4. The first-order valence-electron chi connectivity index (χ1n) is 8.80. The van der Waals surface area contributed by atoms with Gasteiger partial charge in [0.1, 0.15) is 11.4 Å². The number of H-pyrrole nitrogens is 1. The van der Waals surface area contributed by atoms with Crippen molar-refractivity contribution in [1.82, 2.24) is 15.6 Å². The Balaban J connectivity index is 1.57. The number of aromatic nitrogens is 2. The molecule has 0 bridgehead atoms. The normalized spacial score (nSPS) is 11.5. The van der Waals surface area contributed by atoms with Crippen molar-refractivity contribution < 1.29 is 9.90 Å². The molecular formula is C22H18N4O2. The monoisotopic (exact) mass is 370 g/mol. The maximum absolute atomic E-state index is 12.4. The summed E-state index contributed by atoms with van der Waals surface area (Å²) in [4.78, 5) is 12.4. The van der Waals surface area contributed by atoms with E-state index in [2.05, 4.69) is 20.7 Å². The van der Waals surface area contributed by atoms with Crippen molar-refractivity contribution in [2.75, 3.05) is 0 Å². The molecule has 0 radical (unpaired) electrons. The fraction of sp³-hybridized carbons (Fsp3) is 0.0455. The molecule has 0 aliphatic carbocycles. The lowest BCUT2D eigenvalue weighted by Crippen LogP contribution is -2.19. The zero-order valence-corrected chi connectivity index (χ0v) is 15.2. The smallest absolute Gasteiger partial charge is 0.289 e. The van der Waals surface area contributed by atoms with Gasteiger partial charge in [0.25, 0.3) is 5.91 Å². The molecule has 6 heteroatoms. The minimum absolute atomic E-state index is 0.109. The van der Waals surface area contributed by atoms with Gasteiger partial charge in [-0.05, 0) is 35.9 Å². The van der Waals surface area contributed by atoms with Gasteiger partial charge in [0.05, 0.1) is 11.4 Å². The molecule has 4 aromatic rings. The van der Waals surface area contributed by atoms with Crippen LogP contribution in [0.4, 0.5) is 0 Å². The van der Waals surface area contributed by atoms with Crippen LogP contribution >= 0.6 is 0 Å². The molecule has 0 atom stereocenters. The van der Waals surface area contributed by atoms with Crippen LogP contribution in [0.25, 0.3) is 22.0 Å². The molecule has 1 amide bonds. The maximum atomic E-state index is 12.4. The van der Waals surface area contributed by atoms with Crippen LogP contribution in [0.3, 0.4) is 0 Å². The fourth-order valence-electron chi connectivity index (χ4n) is 3.06. The van der Waals surface area contributed by atoms with Crippen LogP contribution in [0.1, 0.15) is 23.0 Å². The van der Waals surface area contributed by atoms with Crippen LogP contribution in [-0.2, 0) is 0 Å². The Kier molecular flexibility index (Phi) is 4.60. The Morgan fingerprint density at radius 2 is 1.79 bits per heavy atom. The van der Waals surface area contributed by atoms with Gasteiger partial charge in [0.15, 0.2) is 0 Å². The quantitative estimate of drug-likeness (QED) is 0.373. The number of hydrogen-bond donors (Lipinski definition) is 3. The van der Waals surface area contributed by atoms with Crippen molar-refractivity contribution in [3.63, 3.8) is 0 Å². The number of rotatable bonds is 4. The van der Waals surface area contributed by atoms with Gasteiger partial charge in [-0.25, -0.2) is 5.43 Å². The van der Waals surface area contributed by atoms with Crippen molar-refractivity contribution in [3.05, 3.63) is 84.1 Å². The topological polar surface area (TPSA) is 90.4 Å². The summed E-state index contributed by atoms with van der Waals surface area (Å²) >= 11 is 0. The summed E-state index contributed by atoms with van der Waals surface area (Å²) in [5, 5.41) is 23.2. The van der Waals surface area contributed by atoms with Gasteiger partial charge in [-0.15, -0.1) is 0 Å². The molecule has 0 spiro atoms. The van der Waals surface area contributed by atoms with E-state index in [1.165, 1.54) is 0 Å². The van der Waals surface area contributed by atoms with E-state index in [0.29, 0.717) is 22.7 Å². The molecule has 1 heterocycles. The number of nitrogens with one attached hydrogen (secondary N) is 2. The first kappa shape index (κ1) is 17.5. The number of carbonyl (C=O) groups excluding carboxylic acids is 1. The van der Waals surface area contributed by atoms with Crippen molar-refractivity contribution in [1.29, 1.82) is 0 Å². The Morgan fingerprint density at radius 3 is 2.64 bits per heavy atom. The van der Waals surface area contributed by atoms with E-state index in [1.54, 1.807) is 37.3 Å². The number of phenols is 1. The molecule has 3 N–H and O–H groups in total. The van der Waals surface area contributed by atoms with Crippen LogP contribution in [0.5, 0.6) is 5.75 Å². The van der Waals surface area contributed by atoms with Crippen LogP contribution in [-0.4, -0.2) is 26.9 Å². The van der Waals surface area contributed by atoms with Gasteiger partial charge in [-0.2, -0.15) is 10.2 Å².